The molecule has 96 valence electrons. The minimum atomic E-state index is -0.630. The molecule has 0 unspecified atom stereocenters. The molecule has 2 atom stereocenters. The second-order valence-electron chi connectivity index (χ2n) is 3.94. The lowest BCUT2D eigenvalue weighted by Gasteiger charge is -2.11. The first-order valence-corrected chi connectivity index (χ1v) is 6.73. The van der Waals surface area contributed by atoms with E-state index in [1.807, 2.05) is 22.6 Å². The maximum Gasteiger partial charge on any atom is 0.296 e. The van der Waals surface area contributed by atoms with Crippen LogP contribution in [0.5, 0.6) is 6.01 Å². The number of imidazole rings is 1. The Hall–Kier alpha value is -0.640. The topological polar surface area (TPSA) is 80.3 Å². The second-order valence-corrected chi connectivity index (χ2v) is 5.36. The number of aromatic amines is 1. The maximum atomic E-state index is 9.58. The Morgan fingerprint density at radius 3 is 3.06 bits per heavy atom. The average Bonchev–Trinajstić information content (AvgIpc) is 2.87. The molecule has 3 heterocycles. The van der Waals surface area contributed by atoms with Crippen LogP contribution in [0.3, 0.4) is 0 Å². The summed E-state index contributed by atoms with van der Waals surface area (Å²) < 4.78 is 11.3. The summed E-state index contributed by atoms with van der Waals surface area (Å²) >= 11 is 8.01. The molecule has 0 aliphatic carbocycles. The molecule has 1 aliphatic heterocycles. The Labute approximate surface area is 121 Å². The number of nitrogens with one attached hydrogen (secondary N) is 1. The Kier molecular flexibility index (Phi) is 3.31. The van der Waals surface area contributed by atoms with Crippen LogP contribution in [0.4, 0.5) is 0 Å². The van der Waals surface area contributed by atoms with Crippen LogP contribution in [0.15, 0.2) is 6.07 Å². The number of aliphatic hydroxyl groups excluding tert-OH is 1. The number of rotatable bonds is 2. The van der Waals surface area contributed by atoms with Crippen molar-refractivity contribution in [2.45, 2.75) is 12.2 Å². The summed E-state index contributed by atoms with van der Waals surface area (Å²) in [5.41, 5.74) is 1.23. The Morgan fingerprint density at radius 1 is 1.50 bits per heavy atom. The number of hydrogen-bond acceptors (Lipinski definition) is 5. The number of halogens is 2. The number of fused-ring (bicyclic) bond motifs is 1. The number of hydrogen-bond donors (Lipinski definition) is 2. The van der Waals surface area contributed by atoms with E-state index in [-0.39, 0.29) is 6.61 Å². The third-order valence-corrected chi connectivity index (χ3v) is 4.05. The molecule has 0 spiro atoms. The summed E-state index contributed by atoms with van der Waals surface area (Å²) in [5, 5.41) is 10.1. The molecule has 0 amide bonds. The van der Waals surface area contributed by atoms with Gasteiger partial charge in [-0.2, -0.15) is 4.98 Å². The zero-order valence-corrected chi connectivity index (χ0v) is 12.0. The molecule has 3 rings (SSSR count). The smallest absolute Gasteiger partial charge is 0.296 e. The van der Waals surface area contributed by atoms with Crippen molar-refractivity contribution in [3.8, 4) is 6.01 Å². The molecule has 0 saturated carbocycles. The highest BCUT2D eigenvalue weighted by atomic mass is 127. The van der Waals surface area contributed by atoms with Gasteiger partial charge in [0.15, 0.2) is 11.8 Å². The average molecular weight is 382 g/mol. The highest BCUT2D eigenvalue weighted by molar-refractivity contribution is 14.1. The minimum Gasteiger partial charge on any atom is -0.456 e. The highest BCUT2D eigenvalue weighted by Gasteiger charge is 2.29. The lowest BCUT2D eigenvalue weighted by atomic mass is 10.3. The van der Waals surface area contributed by atoms with Crippen molar-refractivity contribution in [2.24, 2.45) is 0 Å². The van der Waals surface area contributed by atoms with Crippen LogP contribution in [0.1, 0.15) is 0 Å². The van der Waals surface area contributed by atoms with Crippen molar-refractivity contribution in [1.29, 1.82) is 0 Å². The number of aliphatic hydroxyl groups is 1. The molecule has 1 fully saturated rings. The summed E-state index contributed by atoms with van der Waals surface area (Å²) in [6.07, 6.45) is -1.03. The zero-order chi connectivity index (χ0) is 12.7. The number of nitrogens with zero attached hydrogens (tertiary/aromatic N) is 2. The summed E-state index contributed by atoms with van der Waals surface area (Å²) in [6, 6.07) is 2.05. The minimum absolute atomic E-state index is 0.285. The molecule has 1 saturated heterocycles. The van der Waals surface area contributed by atoms with E-state index in [2.05, 4.69) is 15.0 Å². The lowest BCUT2D eigenvalue weighted by Crippen LogP contribution is -2.30. The van der Waals surface area contributed by atoms with Gasteiger partial charge in [-0.1, -0.05) is 11.6 Å². The Balaban J connectivity index is 1.89. The summed E-state index contributed by atoms with van der Waals surface area (Å²) in [7, 11) is 0. The molecule has 1 aliphatic rings. The SMILES string of the molecule is O[C@@H]1COC[C@H]1Oc1nc2nc(I)c(Cl)cc2[nH]1. The number of aromatic nitrogens is 3. The van der Waals surface area contributed by atoms with Gasteiger partial charge in [0.05, 0.1) is 23.8 Å². The molecule has 6 nitrogen and oxygen atoms in total. The summed E-state index contributed by atoms with van der Waals surface area (Å²) in [5.74, 6) is 0. The quantitative estimate of drug-likeness (QED) is 0.606. The largest absolute Gasteiger partial charge is 0.456 e. The summed E-state index contributed by atoms with van der Waals surface area (Å²) in [4.78, 5) is 11.4. The van der Waals surface area contributed by atoms with Crippen molar-refractivity contribution in [3.05, 3.63) is 14.8 Å². The van der Waals surface area contributed by atoms with E-state index in [4.69, 9.17) is 21.1 Å². The molecule has 0 radical (unpaired) electrons. The van der Waals surface area contributed by atoms with E-state index in [0.717, 1.165) is 0 Å². The van der Waals surface area contributed by atoms with Gasteiger partial charge < -0.3 is 19.6 Å². The molecule has 2 aromatic rings. The molecule has 18 heavy (non-hydrogen) atoms. The van der Waals surface area contributed by atoms with Gasteiger partial charge in [-0.3, -0.25) is 0 Å². The van der Waals surface area contributed by atoms with Crippen LogP contribution in [0.2, 0.25) is 5.02 Å². The second kappa shape index (κ2) is 4.80. The van der Waals surface area contributed by atoms with E-state index >= 15 is 0 Å². The fourth-order valence-electron chi connectivity index (χ4n) is 1.71. The van der Waals surface area contributed by atoms with Crippen LogP contribution >= 0.6 is 34.2 Å². The van der Waals surface area contributed by atoms with Crippen LogP contribution in [-0.4, -0.2) is 45.5 Å². The lowest BCUT2D eigenvalue weighted by molar-refractivity contribution is 0.0679. The van der Waals surface area contributed by atoms with Gasteiger partial charge >= 0.3 is 0 Å². The van der Waals surface area contributed by atoms with Crippen molar-refractivity contribution < 1.29 is 14.6 Å². The van der Waals surface area contributed by atoms with Gasteiger partial charge in [0.1, 0.15) is 9.80 Å². The highest BCUT2D eigenvalue weighted by Crippen LogP contribution is 2.23. The zero-order valence-electron chi connectivity index (χ0n) is 9.06. The normalized spacial score (nSPS) is 23.7. The molecule has 2 N–H and O–H groups in total. The van der Waals surface area contributed by atoms with Gasteiger partial charge in [-0.25, -0.2) is 4.98 Å². The molecular formula is C10H9ClIN3O3. The fraction of sp³-hybridized carbons (Fsp3) is 0.400. The first-order valence-electron chi connectivity index (χ1n) is 5.27. The number of pyridine rings is 1. The van der Waals surface area contributed by atoms with E-state index in [1.54, 1.807) is 6.07 Å². The first kappa shape index (κ1) is 12.4. The molecule has 0 aromatic carbocycles. The van der Waals surface area contributed by atoms with E-state index in [0.29, 0.717) is 32.5 Å². The van der Waals surface area contributed by atoms with E-state index in [1.165, 1.54) is 0 Å². The van der Waals surface area contributed by atoms with Crippen molar-refractivity contribution in [3.63, 3.8) is 0 Å². The van der Waals surface area contributed by atoms with Crippen LogP contribution in [0.25, 0.3) is 11.2 Å². The van der Waals surface area contributed by atoms with Crippen LogP contribution < -0.4 is 4.74 Å². The Morgan fingerprint density at radius 2 is 2.33 bits per heavy atom. The van der Waals surface area contributed by atoms with Crippen molar-refractivity contribution in [2.75, 3.05) is 13.2 Å². The molecule has 0 bridgehead atoms. The third kappa shape index (κ3) is 2.27. The van der Waals surface area contributed by atoms with Gasteiger partial charge in [0, 0.05) is 0 Å². The van der Waals surface area contributed by atoms with Crippen LogP contribution in [0, 0.1) is 3.70 Å². The van der Waals surface area contributed by atoms with Crippen molar-refractivity contribution >= 4 is 45.4 Å². The molecular weight excluding hydrogens is 372 g/mol. The maximum absolute atomic E-state index is 9.58. The number of H-pyrrole nitrogens is 1. The van der Waals surface area contributed by atoms with Gasteiger partial charge in [-0.15, -0.1) is 0 Å². The standard InChI is InChI=1S/C10H9ClIN3O3/c11-4-1-5-9(14-8(4)12)15-10(13-5)18-7-3-17-2-6(7)16/h1,6-7,16H,2-3H2,(H,13,14,15)/t6-,7-/m1/s1. The molecule has 2 aromatic heterocycles. The summed E-state index contributed by atoms with van der Waals surface area (Å²) in [6.45, 7) is 0.636. The van der Waals surface area contributed by atoms with E-state index < -0.39 is 12.2 Å². The van der Waals surface area contributed by atoms with Crippen molar-refractivity contribution in [1.82, 2.24) is 15.0 Å². The third-order valence-electron chi connectivity index (χ3n) is 2.63. The predicted octanol–water partition coefficient (Wildman–Crippen LogP) is 1.35. The Bertz CT molecular complexity index is 552. The number of ether oxygens (including phenoxy) is 2. The predicted molar refractivity (Wildman–Crippen MR) is 72.9 cm³/mol. The van der Waals surface area contributed by atoms with Crippen LogP contribution in [-0.2, 0) is 4.74 Å². The van der Waals surface area contributed by atoms with Gasteiger partial charge in [0.2, 0.25) is 0 Å². The van der Waals surface area contributed by atoms with E-state index in [9.17, 15) is 5.11 Å². The fourth-order valence-corrected chi connectivity index (χ4v) is 2.24. The van der Waals surface area contributed by atoms with Gasteiger partial charge in [0.25, 0.3) is 6.01 Å². The molecule has 8 heteroatoms. The monoisotopic (exact) mass is 381 g/mol. The van der Waals surface area contributed by atoms with Gasteiger partial charge in [-0.05, 0) is 28.7 Å². The first-order chi connectivity index (χ1) is 8.63.